The number of carboxylic acid groups (broad SMARTS) is 1. The van der Waals surface area contributed by atoms with Crippen LogP contribution >= 0.6 is 35.0 Å². The van der Waals surface area contributed by atoms with E-state index in [4.69, 9.17) is 28.3 Å². The molecule has 0 spiro atoms. The van der Waals surface area contributed by atoms with Crippen LogP contribution in [-0.2, 0) is 16.0 Å². The first-order chi connectivity index (χ1) is 18.4. The van der Waals surface area contributed by atoms with Gasteiger partial charge in [-0.25, -0.2) is 0 Å². The molecule has 0 radical (unpaired) electrons. The standard InChI is InChI=1S/C27H19Cl2N5O3S/c28-21-14-19(17-7-5-16(6-8-17)13-25(36)37)9-11-22(21)30-24(35)15-38-27-31-32-33-34(27)23-12-10-18-3-1-2-4-20(18)26(23)29/h1-12,14H,13,15H2,(H,30,35)(H,36,37). The van der Waals surface area contributed by atoms with Crippen LogP contribution in [0.1, 0.15) is 5.56 Å². The number of halogens is 2. The molecule has 0 atom stereocenters. The number of benzene rings is 4. The number of amides is 1. The summed E-state index contributed by atoms with van der Waals surface area (Å²) in [5.74, 6) is -1.11. The number of hydrogen-bond donors (Lipinski definition) is 2. The highest BCUT2D eigenvalue weighted by molar-refractivity contribution is 7.99. The fraction of sp³-hybridized carbons (Fsp3) is 0.0741. The van der Waals surface area contributed by atoms with Gasteiger partial charge in [-0.15, -0.1) is 5.10 Å². The van der Waals surface area contributed by atoms with Crippen LogP contribution in [0.4, 0.5) is 5.69 Å². The zero-order valence-corrected chi connectivity index (χ0v) is 22.0. The van der Waals surface area contributed by atoms with E-state index < -0.39 is 5.97 Å². The van der Waals surface area contributed by atoms with Crippen LogP contribution in [0.25, 0.3) is 27.6 Å². The number of fused-ring (bicyclic) bond motifs is 1. The Morgan fingerprint density at radius 2 is 1.71 bits per heavy atom. The van der Waals surface area contributed by atoms with Crippen molar-refractivity contribution in [2.75, 3.05) is 11.1 Å². The molecule has 11 heteroatoms. The van der Waals surface area contributed by atoms with E-state index in [1.54, 1.807) is 24.3 Å². The van der Waals surface area contributed by atoms with Gasteiger partial charge >= 0.3 is 5.97 Å². The summed E-state index contributed by atoms with van der Waals surface area (Å²) in [5, 5.41) is 26.8. The van der Waals surface area contributed by atoms with Crippen LogP contribution in [0.5, 0.6) is 0 Å². The number of rotatable bonds is 8. The van der Waals surface area contributed by atoms with E-state index in [0.717, 1.165) is 21.9 Å². The minimum atomic E-state index is -0.881. The van der Waals surface area contributed by atoms with E-state index >= 15 is 0 Å². The molecule has 0 fully saturated rings. The Hall–Kier alpha value is -3.92. The number of nitrogens with one attached hydrogen (secondary N) is 1. The Kier molecular flexibility index (Phi) is 7.59. The minimum Gasteiger partial charge on any atom is -0.481 e. The Morgan fingerprint density at radius 3 is 2.47 bits per heavy atom. The maximum Gasteiger partial charge on any atom is 0.307 e. The Balaban J connectivity index is 1.25. The number of tetrazole rings is 1. The molecule has 8 nitrogen and oxygen atoms in total. The quantitative estimate of drug-likeness (QED) is 0.218. The molecule has 0 aliphatic carbocycles. The molecule has 1 aromatic heterocycles. The van der Waals surface area contributed by atoms with Crippen molar-refractivity contribution in [2.45, 2.75) is 11.6 Å². The molecule has 0 unspecified atom stereocenters. The van der Waals surface area contributed by atoms with Crippen molar-refractivity contribution in [2.24, 2.45) is 0 Å². The summed E-state index contributed by atoms with van der Waals surface area (Å²) in [6.45, 7) is 0. The number of nitrogens with zero attached hydrogens (tertiary/aromatic N) is 4. The zero-order valence-electron chi connectivity index (χ0n) is 19.6. The molecular weight excluding hydrogens is 545 g/mol. The fourth-order valence-electron chi connectivity index (χ4n) is 3.91. The molecule has 190 valence electrons. The monoisotopic (exact) mass is 563 g/mol. The second-order valence-electron chi connectivity index (χ2n) is 8.29. The third kappa shape index (κ3) is 5.65. The highest BCUT2D eigenvalue weighted by Gasteiger charge is 2.16. The van der Waals surface area contributed by atoms with E-state index in [0.29, 0.717) is 32.1 Å². The molecule has 0 bridgehead atoms. The number of aliphatic carboxylic acids is 1. The maximum atomic E-state index is 12.7. The summed E-state index contributed by atoms with van der Waals surface area (Å²) in [6.07, 6.45) is -0.0360. The fourth-order valence-corrected chi connectivity index (χ4v) is 5.13. The topological polar surface area (TPSA) is 110 Å². The molecule has 0 saturated heterocycles. The van der Waals surface area contributed by atoms with Gasteiger partial charge in [0.05, 0.1) is 33.6 Å². The van der Waals surface area contributed by atoms with Gasteiger partial charge in [-0.3, -0.25) is 9.59 Å². The lowest BCUT2D eigenvalue weighted by atomic mass is 10.0. The first kappa shape index (κ1) is 25.7. The van der Waals surface area contributed by atoms with Crippen LogP contribution in [-0.4, -0.2) is 42.9 Å². The van der Waals surface area contributed by atoms with Gasteiger partial charge in [0, 0.05) is 5.39 Å². The third-order valence-electron chi connectivity index (χ3n) is 5.73. The van der Waals surface area contributed by atoms with Crippen LogP contribution in [0.3, 0.4) is 0 Å². The summed E-state index contributed by atoms with van der Waals surface area (Å²) in [6, 6.07) is 24.1. The van der Waals surface area contributed by atoms with Crippen LogP contribution in [0, 0.1) is 0 Å². The van der Waals surface area contributed by atoms with Gasteiger partial charge < -0.3 is 10.4 Å². The molecule has 38 heavy (non-hydrogen) atoms. The number of aromatic nitrogens is 4. The third-order valence-corrected chi connectivity index (χ3v) is 7.36. The molecule has 4 aromatic carbocycles. The second kappa shape index (κ2) is 11.2. The molecular formula is C27H19Cl2N5O3S. The average molecular weight is 564 g/mol. The highest BCUT2D eigenvalue weighted by Crippen LogP contribution is 2.32. The number of hydrogen-bond acceptors (Lipinski definition) is 6. The van der Waals surface area contributed by atoms with Crippen LogP contribution in [0.2, 0.25) is 10.0 Å². The lowest BCUT2D eigenvalue weighted by molar-refractivity contribution is -0.136. The summed E-state index contributed by atoms with van der Waals surface area (Å²) >= 11 is 14.2. The van der Waals surface area contributed by atoms with Crippen molar-refractivity contribution >= 4 is 63.3 Å². The van der Waals surface area contributed by atoms with E-state index in [9.17, 15) is 9.59 Å². The number of carbonyl (C=O) groups is 2. The Labute approximate surface area is 231 Å². The van der Waals surface area contributed by atoms with E-state index in [1.807, 2.05) is 54.6 Å². The zero-order chi connectivity index (χ0) is 26.6. The van der Waals surface area contributed by atoms with Gasteiger partial charge in [-0.2, -0.15) is 4.68 Å². The Morgan fingerprint density at radius 1 is 0.947 bits per heavy atom. The van der Waals surface area contributed by atoms with Crippen molar-refractivity contribution in [1.29, 1.82) is 0 Å². The highest BCUT2D eigenvalue weighted by atomic mass is 35.5. The minimum absolute atomic E-state index is 0.0360. The predicted molar refractivity (Wildman–Crippen MR) is 149 cm³/mol. The van der Waals surface area contributed by atoms with Crippen molar-refractivity contribution < 1.29 is 14.7 Å². The molecule has 0 aliphatic rings. The van der Waals surface area contributed by atoms with Crippen LogP contribution in [0.15, 0.2) is 84.0 Å². The summed E-state index contributed by atoms with van der Waals surface area (Å²) < 4.78 is 1.51. The van der Waals surface area contributed by atoms with Gasteiger partial charge in [0.25, 0.3) is 0 Å². The summed E-state index contributed by atoms with van der Waals surface area (Å²) in [7, 11) is 0. The lowest BCUT2D eigenvalue weighted by Crippen LogP contribution is -2.15. The molecule has 5 rings (SSSR count). The van der Waals surface area contributed by atoms with E-state index in [2.05, 4.69) is 20.8 Å². The number of anilines is 1. The van der Waals surface area contributed by atoms with Gasteiger partial charge in [0.1, 0.15) is 0 Å². The molecule has 0 saturated carbocycles. The molecule has 2 N–H and O–H groups in total. The summed E-state index contributed by atoms with van der Waals surface area (Å²) in [5.41, 5.74) is 3.53. The largest absolute Gasteiger partial charge is 0.481 e. The van der Waals surface area contributed by atoms with Crippen molar-refractivity contribution in [3.8, 4) is 16.8 Å². The molecule has 1 amide bonds. The second-order valence-corrected chi connectivity index (χ2v) is 10.0. The van der Waals surface area contributed by atoms with Crippen molar-refractivity contribution in [3.63, 3.8) is 0 Å². The van der Waals surface area contributed by atoms with Gasteiger partial charge in [-0.1, -0.05) is 95.6 Å². The number of carbonyl (C=O) groups excluding carboxylic acids is 1. The first-order valence-corrected chi connectivity index (χ1v) is 13.1. The predicted octanol–water partition coefficient (Wildman–Crippen LogP) is 6.15. The van der Waals surface area contributed by atoms with Crippen molar-refractivity contribution in [3.05, 3.63) is 94.5 Å². The van der Waals surface area contributed by atoms with Gasteiger partial charge in [-0.05, 0) is 50.7 Å². The SMILES string of the molecule is O=C(O)Cc1ccc(-c2ccc(NC(=O)CSc3nnnn3-c3ccc4ccccc4c3Cl)c(Cl)c2)cc1. The first-order valence-electron chi connectivity index (χ1n) is 11.4. The molecule has 0 aliphatic heterocycles. The van der Waals surface area contributed by atoms with Crippen LogP contribution < -0.4 is 5.32 Å². The van der Waals surface area contributed by atoms with Gasteiger partial charge in [0.15, 0.2) is 0 Å². The Bertz CT molecular complexity index is 1660. The van der Waals surface area contributed by atoms with Gasteiger partial charge in [0.2, 0.25) is 11.1 Å². The average Bonchev–Trinajstić information content (AvgIpc) is 3.37. The maximum absolute atomic E-state index is 12.7. The lowest BCUT2D eigenvalue weighted by Gasteiger charge is -2.10. The number of carboxylic acids is 1. The molecule has 1 heterocycles. The van der Waals surface area contributed by atoms with E-state index in [1.165, 1.54) is 16.4 Å². The summed E-state index contributed by atoms with van der Waals surface area (Å²) in [4.78, 5) is 23.6. The number of thioether (sulfide) groups is 1. The normalized spacial score (nSPS) is 11.0. The smallest absolute Gasteiger partial charge is 0.307 e. The molecule has 5 aromatic rings. The van der Waals surface area contributed by atoms with E-state index in [-0.39, 0.29) is 18.1 Å². The van der Waals surface area contributed by atoms with Crippen molar-refractivity contribution in [1.82, 2.24) is 20.2 Å².